The first kappa shape index (κ1) is 23.4. The van der Waals surface area contributed by atoms with E-state index in [4.69, 9.17) is 11.6 Å². The Morgan fingerprint density at radius 1 is 1.26 bits per heavy atom. The van der Waals surface area contributed by atoms with Crippen molar-refractivity contribution < 1.29 is 4.79 Å². The molecule has 0 bridgehead atoms. The van der Waals surface area contributed by atoms with E-state index in [1.54, 1.807) is 32.4 Å². The molecule has 31 heavy (non-hydrogen) atoms. The number of aromatic nitrogens is 1. The molecule has 1 amide bonds. The van der Waals surface area contributed by atoms with Crippen molar-refractivity contribution in [1.29, 1.82) is 5.26 Å². The number of carbonyl (C=O) groups is 1. The third kappa shape index (κ3) is 5.51. The average molecular weight is 458 g/mol. The van der Waals surface area contributed by atoms with Crippen LogP contribution in [0.4, 0.5) is 5.82 Å². The number of rotatable bonds is 6. The molecule has 1 fully saturated rings. The predicted octanol–water partition coefficient (Wildman–Crippen LogP) is 4.54. The fourth-order valence-corrected chi connectivity index (χ4v) is 4.69. The van der Waals surface area contributed by atoms with Crippen molar-refractivity contribution in [2.45, 2.75) is 25.5 Å². The molecule has 8 heteroatoms. The van der Waals surface area contributed by atoms with E-state index in [1.165, 1.54) is 4.90 Å². The van der Waals surface area contributed by atoms with E-state index in [0.717, 1.165) is 49.5 Å². The molecule has 1 atom stereocenters. The van der Waals surface area contributed by atoms with Gasteiger partial charge in [0.2, 0.25) is 0 Å². The number of carbonyl (C=O) groups excluding carboxylic acids is 1. The lowest BCUT2D eigenvalue weighted by atomic mass is 10.0. The molecular formula is C23H28ClN5OS. The van der Waals surface area contributed by atoms with Crippen LogP contribution >= 0.6 is 23.5 Å². The second kappa shape index (κ2) is 10.4. The molecule has 1 aliphatic rings. The lowest BCUT2D eigenvalue weighted by Crippen LogP contribution is -2.44. The molecule has 1 aromatic carbocycles. The van der Waals surface area contributed by atoms with Gasteiger partial charge >= 0.3 is 0 Å². The number of anilines is 1. The summed E-state index contributed by atoms with van der Waals surface area (Å²) in [5.41, 5.74) is 2.63. The Kier molecular flexibility index (Phi) is 7.82. The number of nitrogens with zero attached hydrogens (tertiary/aromatic N) is 5. The van der Waals surface area contributed by atoms with Gasteiger partial charge in [-0.2, -0.15) is 5.26 Å². The molecule has 1 aliphatic heterocycles. The number of piperazine rings is 1. The number of benzene rings is 1. The summed E-state index contributed by atoms with van der Waals surface area (Å²) in [6, 6.07) is 9.45. The van der Waals surface area contributed by atoms with Crippen LogP contribution in [0.2, 0.25) is 5.02 Å². The summed E-state index contributed by atoms with van der Waals surface area (Å²) >= 11 is 8.27. The molecular weight excluding hydrogens is 430 g/mol. The van der Waals surface area contributed by atoms with Crippen LogP contribution in [-0.2, 0) is 0 Å². The standard InChI is InChI=1S/C23H28ClN5OS/c1-5-16(2)31-29-10-8-28(9-11-29)22-18(14-25)12-19(15-26-22)17-6-7-20(21(24)13-17)23(30)27(3)4/h6-7,12-13,15-16H,5,8-11H2,1-4H3. The van der Waals surface area contributed by atoms with Crippen molar-refractivity contribution in [3.8, 4) is 17.2 Å². The summed E-state index contributed by atoms with van der Waals surface area (Å²) in [5.74, 6) is 0.582. The van der Waals surface area contributed by atoms with Crippen LogP contribution in [0.3, 0.4) is 0 Å². The van der Waals surface area contributed by atoms with Crippen molar-refractivity contribution in [3.63, 3.8) is 0 Å². The number of pyridine rings is 1. The van der Waals surface area contributed by atoms with Crippen molar-refractivity contribution in [3.05, 3.63) is 46.6 Å². The highest BCUT2D eigenvalue weighted by Crippen LogP contribution is 2.30. The van der Waals surface area contributed by atoms with Crippen LogP contribution < -0.4 is 4.90 Å². The Morgan fingerprint density at radius 3 is 2.55 bits per heavy atom. The van der Waals surface area contributed by atoms with Gasteiger partial charge in [-0.1, -0.05) is 43.5 Å². The number of hydrogen-bond acceptors (Lipinski definition) is 6. The summed E-state index contributed by atoms with van der Waals surface area (Å²) < 4.78 is 2.41. The van der Waals surface area contributed by atoms with E-state index in [0.29, 0.717) is 21.4 Å². The van der Waals surface area contributed by atoms with Gasteiger partial charge in [0.25, 0.3) is 5.91 Å². The van der Waals surface area contributed by atoms with Crippen LogP contribution in [0.5, 0.6) is 0 Å². The number of amides is 1. The summed E-state index contributed by atoms with van der Waals surface area (Å²) in [4.78, 5) is 20.5. The zero-order chi connectivity index (χ0) is 22.5. The van der Waals surface area contributed by atoms with Gasteiger partial charge in [-0.25, -0.2) is 9.29 Å². The van der Waals surface area contributed by atoms with Gasteiger partial charge in [0.15, 0.2) is 0 Å². The lowest BCUT2D eigenvalue weighted by Gasteiger charge is -2.36. The smallest absolute Gasteiger partial charge is 0.254 e. The van der Waals surface area contributed by atoms with Gasteiger partial charge in [0, 0.05) is 57.3 Å². The normalized spacial score (nSPS) is 15.4. The second-order valence-electron chi connectivity index (χ2n) is 7.84. The highest BCUT2D eigenvalue weighted by molar-refractivity contribution is 7.97. The van der Waals surface area contributed by atoms with E-state index in [9.17, 15) is 10.1 Å². The van der Waals surface area contributed by atoms with Gasteiger partial charge < -0.3 is 9.80 Å². The lowest BCUT2D eigenvalue weighted by molar-refractivity contribution is 0.0828. The molecule has 0 aliphatic carbocycles. The molecule has 164 valence electrons. The van der Waals surface area contributed by atoms with Gasteiger partial charge in [-0.15, -0.1) is 0 Å². The van der Waals surface area contributed by atoms with E-state index < -0.39 is 0 Å². The van der Waals surface area contributed by atoms with Crippen molar-refractivity contribution >= 4 is 35.3 Å². The first-order chi connectivity index (χ1) is 14.8. The number of hydrogen-bond donors (Lipinski definition) is 0. The van der Waals surface area contributed by atoms with E-state index in [-0.39, 0.29) is 5.91 Å². The molecule has 1 saturated heterocycles. The van der Waals surface area contributed by atoms with Crippen LogP contribution in [-0.4, -0.2) is 65.6 Å². The predicted molar refractivity (Wildman–Crippen MR) is 129 cm³/mol. The largest absolute Gasteiger partial charge is 0.353 e. The molecule has 6 nitrogen and oxygen atoms in total. The summed E-state index contributed by atoms with van der Waals surface area (Å²) in [6.45, 7) is 8.04. The minimum Gasteiger partial charge on any atom is -0.353 e. The third-order valence-electron chi connectivity index (χ3n) is 5.37. The molecule has 0 saturated carbocycles. The van der Waals surface area contributed by atoms with Crippen molar-refractivity contribution in [2.75, 3.05) is 45.2 Å². The Hall–Kier alpha value is -2.27. The first-order valence-electron chi connectivity index (χ1n) is 10.4. The van der Waals surface area contributed by atoms with Crippen molar-refractivity contribution in [2.24, 2.45) is 0 Å². The van der Waals surface area contributed by atoms with Crippen molar-refractivity contribution in [1.82, 2.24) is 14.2 Å². The maximum Gasteiger partial charge on any atom is 0.254 e. The van der Waals surface area contributed by atoms with E-state index >= 15 is 0 Å². The SMILES string of the molecule is CCC(C)SN1CCN(c2ncc(-c3ccc(C(=O)N(C)C)c(Cl)c3)cc2C#N)CC1. The fourth-order valence-electron chi connectivity index (χ4n) is 3.39. The Bertz CT molecular complexity index is 982. The maximum absolute atomic E-state index is 12.2. The van der Waals surface area contributed by atoms with Crippen LogP contribution in [0, 0.1) is 11.3 Å². The molecule has 1 unspecified atom stereocenters. The summed E-state index contributed by atoms with van der Waals surface area (Å²) in [5, 5.41) is 10.7. The molecule has 0 N–H and O–H groups in total. The minimum absolute atomic E-state index is 0.145. The highest BCUT2D eigenvalue weighted by Gasteiger charge is 2.22. The van der Waals surface area contributed by atoms with E-state index in [2.05, 4.69) is 34.1 Å². The van der Waals surface area contributed by atoms with Crippen LogP contribution in [0.25, 0.3) is 11.1 Å². The van der Waals surface area contributed by atoms with Gasteiger partial charge in [-0.3, -0.25) is 4.79 Å². The van der Waals surface area contributed by atoms with Gasteiger partial charge in [0.1, 0.15) is 11.9 Å². The first-order valence-corrected chi connectivity index (χ1v) is 11.6. The second-order valence-corrected chi connectivity index (χ2v) is 9.78. The zero-order valence-electron chi connectivity index (χ0n) is 18.4. The Balaban J connectivity index is 1.78. The number of nitriles is 1. The van der Waals surface area contributed by atoms with Crippen LogP contribution in [0.1, 0.15) is 36.2 Å². The van der Waals surface area contributed by atoms with Gasteiger partial charge in [-0.05, 0) is 30.2 Å². The van der Waals surface area contributed by atoms with Crippen LogP contribution in [0.15, 0.2) is 30.5 Å². The Morgan fingerprint density at radius 2 is 1.97 bits per heavy atom. The topological polar surface area (TPSA) is 63.5 Å². The minimum atomic E-state index is -0.145. The highest BCUT2D eigenvalue weighted by atomic mass is 35.5. The van der Waals surface area contributed by atoms with Gasteiger partial charge in [0.05, 0.1) is 16.1 Å². The molecule has 0 spiro atoms. The Labute approximate surface area is 193 Å². The molecule has 2 heterocycles. The fraction of sp³-hybridized carbons (Fsp3) is 0.435. The molecule has 3 rings (SSSR count). The average Bonchev–Trinajstić information content (AvgIpc) is 2.78. The third-order valence-corrected chi connectivity index (χ3v) is 7.04. The quantitative estimate of drug-likeness (QED) is 0.593. The maximum atomic E-state index is 12.2. The molecule has 1 aromatic heterocycles. The van der Waals surface area contributed by atoms with E-state index in [1.807, 2.05) is 24.1 Å². The zero-order valence-corrected chi connectivity index (χ0v) is 20.0. The molecule has 2 aromatic rings. The summed E-state index contributed by atoms with van der Waals surface area (Å²) in [7, 11) is 3.38. The number of halogens is 1. The monoisotopic (exact) mass is 457 g/mol. The molecule has 0 radical (unpaired) electrons. The summed E-state index contributed by atoms with van der Waals surface area (Å²) in [6.07, 6.45) is 2.93.